The molecule has 5 rings (SSSR count). The van der Waals surface area contributed by atoms with Crippen LogP contribution < -0.4 is 27.3 Å². The van der Waals surface area contributed by atoms with Gasteiger partial charge in [-0.15, -0.1) is 15.6 Å². The summed E-state index contributed by atoms with van der Waals surface area (Å²) in [4.78, 5) is 55.2. The summed E-state index contributed by atoms with van der Waals surface area (Å²) < 4.78 is 41.8. The maximum Gasteiger partial charge on any atom is 0.418 e. The van der Waals surface area contributed by atoms with Crippen molar-refractivity contribution in [2.45, 2.75) is 75.8 Å². The van der Waals surface area contributed by atoms with E-state index in [2.05, 4.69) is 29.6 Å². The summed E-state index contributed by atoms with van der Waals surface area (Å²) in [7, 11) is -5.03. The van der Waals surface area contributed by atoms with Crippen molar-refractivity contribution in [2.75, 3.05) is 31.9 Å². The van der Waals surface area contributed by atoms with Crippen molar-refractivity contribution in [1.82, 2.24) is 20.3 Å². The number of thiazole rings is 1. The number of carboxylic acids is 1. The second-order valence-electron chi connectivity index (χ2n) is 13.1. The number of hydrogen-bond donors (Lipinski definition) is 6. The zero-order valence-corrected chi connectivity index (χ0v) is 29.8. The Balaban J connectivity index is 1.29. The summed E-state index contributed by atoms with van der Waals surface area (Å²) in [5.41, 5.74) is 15.4. The van der Waals surface area contributed by atoms with E-state index in [1.165, 1.54) is 26.2 Å². The molecule has 4 heterocycles. The fourth-order valence-corrected chi connectivity index (χ4v) is 6.91. The number of nitrogens with one attached hydrogen (secondary N) is 1. The Bertz CT molecular complexity index is 1840. The number of fused-ring (bicyclic) bond motifs is 1. The first-order chi connectivity index (χ1) is 23.9. The minimum atomic E-state index is -5.03. The number of oxime groups is 1. The predicted octanol–water partition coefficient (Wildman–Crippen LogP) is -0.348. The van der Waals surface area contributed by atoms with Crippen LogP contribution in [0, 0.1) is 0 Å². The number of nitrogen functional groups attached to an aromatic ring is 1. The predicted molar refractivity (Wildman–Crippen MR) is 184 cm³/mol. The van der Waals surface area contributed by atoms with E-state index in [1.807, 2.05) is 6.07 Å². The summed E-state index contributed by atoms with van der Waals surface area (Å²) in [5.74, 6) is -2.66. The van der Waals surface area contributed by atoms with Gasteiger partial charge in [0, 0.05) is 23.5 Å². The standard InChI is InChI=1S/C30H41N9O10S2/c1-29(2)23(26(41)39(29)49-51(44,45)46)36-25(40)22(19-15-50-28(33)35-19)37-48-30(3,27(42)43)21-7-5-16-14-17(4-6-20(16)47-21)24(32)34-10-13-38-11-8-18(31)9-12-38/h4,6,14-15,18,21,23H,5,7-13,31H2,1-3H3,(H2,32,34)(H2,33,35)(H,36,40)(H,42,43)(H,44,45,46)/b37-22-/t21-,23-,30+/m1/s1. The second-order valence-corrected chi connectivity index (χ2v) is 15.0. The van der Waals surface area contributed by atoms with E-state index < -0.39 is 57.2 Å². The largest absolute Gasteiger partial charge is 0.485 e. The van der Waals surface area contributed by atoms with Gasteiger partial charge in [-0.2, -0.15) is 13.5 Å². The van der Waals surface area contributed by atoms with Crippen LogP contribution in [-0.4, -0.2) is 118 Å². The Labute approximate surface area is 297 Å². The number of amides is 2. The minimum absolute atomic E-state index is 0.0590. The molecule has 3 aliphatic rings. The average molecular weight is 752 g/mol. The molecule has 21 heteroatoms. The SMILES string of the molecule is CC1(C)[C@H](NC(=O)/C(=N\O[C@](C)(C(=O)O)[C@H]2CCc3cc(C(N)=NCCN4CCC(N)CC4)ccc3O2)c2csc(N)n2)C(=O)N1OS(=O)(=O)O. The maximum atomic E-state index is 13.5. The fraction of sp³-hybridized carbons (Fsp3) is 0.533. The van der Waals surface area contributed by atoms with Gasteiger partial charge in [0.05, 0.1) is 12.1 Å². The Morgan fingerprint density at radius 2 is 1.96 bits per heavy atom. The molecule has 0 bridgehead atoms. The molecule has 19 nitrogen and oxygen atoms in total. The Morgan fingerprint density at radius 3 is 2.57 bits per heavy atom. The Morgan fingerprint density at radius 1 is 1.25 bits per heavy atom. The molecule has 2 amide bonds. The van der Waals surface area contributed by atoms with Gasteiger partial charge in [-0.05, 0) is 83.3 Å². The summed E-state index contributed by atoms with van der Waals surface area (Å²) in [6, 6.07) is 4.18. The lowest BCUT2D eigenvalue weighted by atomic mass is 9.84. The number of amidine groups is 1. The number of hydroxylamine groups is 2. The van der Waals surface area contributed by atoms with Gasteiger partial charge in [0.15, 0.2) is 16.9 Å². The number of aromatic nitrogens is 1. The van der Waals surface area contributed by atoms with Crippen molar-refractivity contribution < 1.29 is 46.3 Å². The lowest BCUT2D eigenvalue weighted by Gasteiger charge is -2.50. The van der Waals surface area contributed by atoms with E-state index in [1.54, 1.807) is 12.1 Å². The number of anilines is 1. The number of carboxylic acid groups (broad SMARTS) is 1. The Hall–Kier alpha value is -4.41. The zero-order valence-electron chi connectivity index (χ0n) is 28.1. The molecule has 51 heavy (non-hydrogen) atoms. The van der Waals surface area contributed by atoms with Crippen LogP contribution in [-0.2, 0) is 40.3 Å². The normalized spacial score (nSPS) is 22.7. The smallest absolute Gasteiger partial charge is 0.418 e. The van der Waals surface area contributed by atoms with Crippen molar-refractivity contribution in [3.8, 4) is 5.75 Å². The van der Waals surface area contributed by atoms with Gasteiger partial charge in [0.1, 0.15) is 23.3 Å². The highest BCUT2D eigenvalue weighted by Crippen LogP contribution is 2.35. The van der Waals surface area contributed by atoms with Crippen molar-refractivity contribution >= 4 is 56.2 Å². The number of ether oxygens (including phenoxy) is 1. The number of aryl methyl sites for hydroxylation is 1. The second kappa shape index (κ2) is 14.7. The molecule has 2 saturated heterocycles. The molecular weight excluding hydrogens is 711 g/mol. The van der Waals surface area contributed by atoms with Crippen LogP contribution in [0.1, 0.15) is 56.9 Å². The van der Waals surface area contributed by atoms with E-state index in [9.17, 15) is 27.9 Å². The lowest BCUT2D eigenvalue weighted by Crippen LogP contribution is -2.76. The molecular formula is C30H41N9O10S2. The third kappa shape index (κ3) is 8.39. The number of aliphatic carboxylic acids is 1. The lowest BCUT2D eigenvalue weighted by molar-refractivity contribution is -0.218. The van der Waals surface area contributed by atoms with Crippen LogP contribution in [0.2, 0.25) is 0 Å². The first-order valence-corrected chi connectivity index (χ1v) is 18.2. The number of carbonyl (C=O) groups is 3. The minimum Gasteiger partial charge on any atom is -0.485 e. The van der Waals surface area contributed by atoms with E-state index in [-0.39, 0.29) is 23.3 Å². The number of likely N-dealkylation sites (tertiary alicyclic amines) is 1. The summed E-state index contributed by atoms with van der Waals surface area (Å²) >= 11 is 0.966. The first-order valence-electron chi connectivity index (χ1n) is 16.0. The van der Waals surface area contributed by atoms with Crippen molar-refractivity contribution in [3.05, 3.63) is 40.4 Å². The number of carbonyl (C=O) groups excluding carboxylic acids is 2. The quantitative estimate of drug-likeness (QED) is 0.0501. The molecule has 2 fully saturated rings. The molecule has 278 valence electrons. The van der Waals surface area contributed by atoms with Crippen LogP contribution in [0.5, 0.6) is 5.75 Å². The van der Waals surface area contributed by atoms with Crippen LogP contribution in [0.25, 0.3) is 0 Å². The molecule has 0 spiro atoms. The monoisotopic (exact) mass is 751 g/mol. The molecule has 0 aliphatic carbocycles. The molecule has 1 aromatic heterocycles. The van der Waals surface area contributed by atoms with Gasteiger partial charge < -0.3 is 42.1 Å². The van der Waals surface area contributed by atoms with Gasteiger partial charge in [-0.3, -0.25) is 19.1 Å². The van der Waals surface area contributed by atoms with E-state index in [4.69, 9.17) is 31.3 Å². The van der Waals surface area contributed by atoms with Crippen LogP contribution >= 0.6 is 11.3 Å². The van der Waals surface area contributed by atoms with Crippen molar-refractivity contribution in [1.29, 1.82) is 0 Å². The third-order valence-electron chi connectivity index (χ3n) is 9.10. The highest BCUT2D eigenvalue weighted by atomic mass is 32.3. The maximum absolute atomic E-state index is 13.5. The highest BCUT2D eigenvalue weighted by Gasteiger charge is 2.58. The zero-order chi connectivity index (χ0) is 37.3. The topological polar surface area (TPSA) is 288 Å². The number of β-lactam (4-membered cyclic amide) rings is 1. The molecule has 1 aromatic carbocycles. The summed E-state index contributed by atoms with van der Waals surface area (Å²) in [6.45, 7) is 7.17. The number of nitrogens with zero attached hydrogens (tertiary/aromatic N) is 5. The summed E-state index contributed by atoms with van der Waals surface area (Å²) in [6.07, 6.45) is 1.45. The molecule has 0 unspecified atom stereocenters. The van der Waals surface area contributed by atoms with Crippen LogP contribution in [0.4, 0.5) is 5.13 Å². The highest BCUT2D eigenvalue weighted by molar-refractivity contribution is 7.80. The van der Waals surface area contributed by atoms with Gasteiger partial charge >= 0.3 is 16.4 Å². The van der Waals surface area contributed by atoms with Crippen LogP contribution in [0.15, 0.2) is 33.7 Å². The van der Waals surface area contributed by atoms with Gasteiger partial charge in [-0.1, -0.05) is 5.16 Å². The average Bonchev–Trinajstić information content (AvgIpc) is 3.51. The van der Waals surface area contributed by atoms with Crippen molar-refractivity contribution in [2.24, 2.45) is 21.6 Å². The van der Waals surface area contributed by atoms with Crippen LogP contribution in [0.3, 0.4) is 0 Å². The Kier molecular flexibility index (Phi) is 10.9. The number of aliphatic imine (C=N–C) groups is 1. The number of benzene rings is 1. The molecule has 3 aliphatic heterocycles. The fourth-order valence-electron chi connectivity index (χ4n) is 5.91. The number of piperidine rings is 1. The van der Waals surface area contributed by atoms with E-state index >= 15 is 0 Å². The molecule has 0 radical (unpaired) electrons. The van der Waals surface area contributed by atoms with Gasteiger partial charge in [-0.25, -0.2) is 9.78 Å². The van der Waals surface area contributed by atoms with Gasteiger partial charge in [0.25, 0.3) is 17.4 Å². The number of nitrogens with two attached hydrogens (primary N) is 3. The van der Waals surface area contributed by atoms with E-state index in [0.717, 1.165) is 49.4 Å². The molecule has 3 atom stereocenters. The number of rotatable bonds is 13. The van der Waals surface area contributed by atoms with Crippen molar-refractivity contribution in [3.63, 3.8) is 0 Å². The third-order valence-corrected chi connectivity index (χ3v) is 10.1. The molecule has 2 aromatic rings. The van der Waals surface area contributed by atoms with E-state index in [0.29, 0.717) is 35.2 Å². The number of hydrogen-bond acceptors (Lipinski definition) is 15. The molecule has 9 N–H and O–H groups in total. The molecule has 0 saturated carbocycles. The summed E-state index contributed by atoms with van der Waals surface area (Å²) in [5, 5.41) is 18.4. The first kappa shape index (κ1) is 37.8. The van der Waals surface area contributed by atoms with Gasteiger partial charge in [0.2, 0.25) is 0 Å².